The number of β-amino-alcohol motifs (C(OH)–C–C–N with tert-alkyl or cyclic N) is 1. The highest BCUT2D eigenvalue weighted by molar-refractivity contribution is 6.32. The number of hydrogen-bond donors (Lipinski definition) is 2. The molecule has 4 atom stereocenters. The number of halogens is 6. The van der Waals surface area contributed by atoms with Gasteiger partial charge in [-0.1, -0.05) is 11.6 Å². The molecular formula is C30H31ClF5N5O4. The normalized spacial score (nSPS) is 25.7. The first kappa shape index (κ1) is 30.4. The summed E-state index contributed by atoms with van der Waals surface area (Å²) in [5.74, 6) is -1.39. The number of hydrogen-bond acceptors (Lipinski definition) is 9. The molecule has 0 spiro atoms. The molecule has 1 aliphatic carbocycles. The molecular weight excluding hydrogens is 625 g/mol. The monoisotopic (exact) mass is 655 g/mol. The number of ether oxygens (including phenoxy) is 2. The fourth-order valence-electron chi connectivity index (χ4n) is 6.95. The molecule has 0 amide bonds. The summed E-state index contributed by atoms with van der Waals surface area (Å²) in [5, 5.41) is 20.6. The average molecular weight is 656 g/mol. The summed E-state index contributed by atoms with van der Waals surface area (Å²) in [6.07, 6.45) is -5.31. The first-order chi connectivity index (χ1) is 21.3. The molecule has 15 heteroatoms. The van der Waals surface area contributed by atoms with Crippen molar-refractivity contribution >= 4 is 28.3 Å². The van der Waals surface area contributed by atoms with E-state index in [4.69, 9.17) is 21.1 Å². The van der Waals surface area contributed by atoms with Gasteiger partial charge < -0.3 is 24.6 Å². The van der Waals surface area contributed by atoms with Gasteiger partial charge in [0.25, 0.3) is 0 Å². The third-order valence-electron chi connectivity index (χ3n) is 9.31. The number of nitrogens with zero attached hydrogens (tertiary/aromatic N) is 5. The van der Waals surface area contributed by atoms with Gasteiger partial charge in [-0.3, -0.25) is 4.90 Å². The predicted octanol–water partition coefficient (Wildman–Crippen LogP) is 5.53. The van der Waals surface area contributed by atoms with Crippen molar-refractivity contribution in [1.82, 2.24) is 19.9 Å². The molecule has 3 aliphatic heterocycles. The van der Waals surface area contributed by atoms with Gasteiger partial charge in [0.05, 0.1) is 18.1 Å². The number of rotatable bonds is 7. The van der Waals surface area contributed by atoms with Gasteiger partial charge in [-0.05, 0) is 62.8 Å². The van der Waals surface area contributed by atoms with Gasteiger partial charge >= 0.3 is 12.2 Å². The Balaban J connectivity index is 1.39. The molecule has 0 unspecified atom stereocenters. The molecule has 0 radical (unpaired) electrons. The summed E-state index contributed by atoms with van der Waals surface area (Å²) in [5.41, 5.74) is -0.281. The van der Waals surface area contributed by atoms with E-state index in [9.17, 15) is 27.8 Å². The Hall–Kier alpha value is -3.23. The standard InChI is InChI=1S/C30H31ClF5N5O4/c1-14-12-44-27-22-25(23(33)24(37-27)18-7-17(42)8-19(31)21(18)15-3-4-15)38-28(39-26(22)41(14)11-20(43)30(34,35)36)45-13-29-5-2-6-40(29)10-16(32)9-29/h7-8,14-16,20,42-43H,2-6,9-13H2,1H3/t14-,16+,20+,29-/m0/s1. The van der Waals surface area contributed by atoms with Crippen molar-refractivity contribution in [2.45, 2.75) is 75.0 Å². The molecule has 1 saturated carbocycles. The van der Waals surface area contributed by atoms with Gasteiger partial charge in [0.15, 0.2) is 11.9 Å². The summed E-state index contributed by atoms with van der Waals surface area (Å²) in [4.78, 5) is 16.5. The molecule has 1 aromatic carbocycles. The molecule has 2 saturated heterocycles. The molecule has 2 N–H and O–H groups in total. The molecule has 5 heterocycles. The largest absolute Gasteiger partial charge is 0.508 e. The van der Waals surface area contributed by atoms with E-state index >= 15 is 4.39 Å². The number of alkyl halides is 4. The number of aromatic nitrogens is 3. The van der Waals surface area contributed by atoms with Crippen molar-refractivity contribution in [2.75, 3.05) is 37.7 Å². The van der Waals surface area contributed by atoms with Crippen LogP contribution in [0.1, 0.15) is 50.5 Å². The van der Waals surface area contributed by atoms with Crippen LogP contribution in [0.5, 0.6) is 17.6 Å². The zero-order valence-corrected chi connectivity index (χ0v) is 25.0. The Labute approximate surface area is 259 Å². The Morgan fingerprint density at radius 2 is 2.00 bits per heavy atom. The first-order valence-electron chi connectivity index (χ1n) is 14.9. The van der Waals surface area contributed by atoms with E-state index in [1.807, 2.05) is 4.90 Å². The third kappa shape index (κ3) is 5.38. The first-order valence-corrected chi connectivity index (χ1v) is 15.3. The number of aliphatic hydroxyl groups excluding tert-OH is 1. The fourth-order valence-corrected chi connectivity index (χ4v) is 7.32. The quantitative estimate of drug-likeness (QED) is 0.318. The minimum Gasteiger partial charge on any atom is -0.508 e. The van der Waals surface area contributed by atoms with Crippen LogP contribution in [-0.4, -0.2) is 92.9 Å². The summed E-state index contributed by atoms with van der Waals surface area (Å²) in [7, 11) is 0. The maximum absolute atomic E-state index is 16.7. The van der Waals surface area contributed by atoms with Crippen molar-refractivity contribution in [3.8, 4) is 28.9 Å². The number of fused-ring (bicyclic) bond motifs is 1. The van der Waals surface area contributed by atoms with Crippen LogP contribution in [0.2, 0.25) is 5.02 Å². The van der Waals surface area contributed by atoms with Crippen LogP contribution >= 0.6 is 11.6 Å². The summed E-state index contributed by atoms with van der Waals surface area (Å²) >= 11 is 6.49. The molecule has 2 aromatic heterocycles. The van der Waals surface area contributed by atoms with Crippen molar-refractivity contribution < 1.29 is 41.6 Å². The van der Waals surface area contributed by atoms with E-state index in [0.717, 1.165) is 19.3 Å². The van der Waals surface area contributed by atoms with Crippen molar-refractivity contribution in [3.63, 3.8) is 0 Å². The van der Waals surface area contributed by atoms with E-state index in [-0.39, 0.29) is 82.7 Å². The second-order valence-corrected chi connectivity index (χ2v) is 12.9. The smallest absolute Gasteiger partial charge is 0.416 e. The number of phenols is 1. The maximum Gasteiger partial charge on any atom is 0.416 e. The highest BCUT2D eigenvalue weighted by Crippen LogP contribution is 2.50. The Bertz CT molecular complexity index is 1660. The number of pyridine rings is 1. The minimum absolute atomic E-state index is 0.00396. The van der Waals surface area contributed by atoms with Gasteiger partial charge in [-0.2, -0.15) is 23.1 Å². The number of anilines is 1. The maximum atomic E-state index is 16.7. The predicted molar refractivity (Wildman–Crippen MR) is 154 cm³/mol. The van der Waals surface area contributed by atoms with E-state index in [0.29, 0.717) is 18.5 Å². The van der Waals surface area contributed by atoms with Gasteiger partial charge in [0, 0.05) is 23.6 Å². The molecule has 4 aliphatic rings. The zero-order valence-electron chi connectivity index (χ0n) is 24.2. The van der Waals surface area contributed by atoms with Gasteiger partial charge in [0.1, 0.15) is 47.5 Å². The summed E-state index contributed by atoms with van der Waals surface area (Å²) in [6.45, 7) is 1.46. The lowest BCUT2D eigenvalue weighted by molar-refractivity contribution is -0.200. The highest BCUT2D eigenvalue weighted by atomic mass is 35.5. The Morgan fingerprint density at radius 3 is 2.73 bits per heavy atom. The lowest BCUT2D eigenvalue weighted by Gasteiger charge is -2.32. The van der Waals surface area contributed by atoms with E-state index < -0.39 is 42.4 Å². The molecule has 7 rings (SSSR count). The highest BCUT2D eigenvalue weighted by Gasteiger charge is 2.49. The van der Waals surface area contributed by atoms with Crippen LogP contribution in [0.15, 0.2) is 12.1 Å². The number of benzene rings is 1. The second kappa shape index (κ2) is 10.9. The van der Waals surface area contributed by atoms with E-state index in [1.165, 1.54) is 17.0 Å². The van der Waals surface area contributed by atoms with E-state index in [2.05, 4.69) is 15.0 Å². The topological polar surface area (TPSA) is 104 Å². The SMILES string of the molecule is C[C@H]1COc2nc(-c3cc(O)cc(Cl)c3C3CC3)c(F)c3nc(OC[C@@]45CCCN4C[C@H](F)C5)nc(c23)N1C[C@@H](O)C(F)(F)F. The van der Waals surface area contributed by atoms with E-state index in [1.54, 1.807) is 6.92 Å². The third-order valence-corrected chi connectivity index (χ3v) is 9.62. The number of aliphatic hydroxyl groups is 1. The average Bonchev–Trinajstić information content (AvgIpc) is 3.68. The molecule has 45 heavy (non-hydrogen) atoms. The number of aromatic hydroxyl groups is 1. The lowest BCUT2D eigenvalue weighted by atomic mass is 9.95. The van der Waals surface area contributed by atoms with Gasteiger partial charge in [-0.15, -0.1) is 0 Å². The second-order valence-electron chi connectivity index (χ2n) is 12.5. The van der Waals surface area contributed by atoms with Crippen molar-refractivity contribution in [3.05, 3.63) is 28.5 Å². The van der Waals surface area contributed by atoms with Crippen LogP contribution in [-0.2, 0) is 0 Å². The van der Waals surface area contributed by atoms with Crippen molar-refractivity contribution in [1.29, 1.82) is 0 Å². The number of phenolic OH excluding ortho intramolecular Hbond substituents is 1. The van der Waals surface area contributed by atoms with Gasteiger partial charge in [0.2, 0.25) is 5.88 Å². The molecule has 9 nitrogen and oxygen atoms in total. The molecule has 3 aromatic rings. The van der Waals surface area contributed by atoms with Crippen LogP contribution in [0.3, 0.4) is 0 Å². The zero-order chi connectivity index (χ0) is 31.8. The molecule has 3 fully saturated rings. The Kier molecular flexibility index (Phi) is 7.40. The fraction of sp³-hybridized carbons (Fsp3) is 0.567. The minimum atomic E-state index is -4.93. The van der Waals surface area contributed by atoms with Crippen molar-refractivity contribution in [2.24, 2.45) is 0 Å². The Morgan fingerprint density at radius 1 is 1.22 bits per heavy atom. The van der Waals surface area contributed by atoms with Crippen LogP contribution < -0.4 is 14.4 Å². The molecule has 0 bridgehead atoms. The summed E-state index contributed by atoms with van der Waals surface area (Å²) < 4.78 is 83.6. The van der Waals surface area contributed by atoms with Crippen LogP contribution in [0.4, 0.5) is 27.8 Å². The molecule has 242 valence electrons. The van der Waals surface area contributed by atoms with Gasteiger partial charge in [-0.25, -0.2) is 13.8 Å². The lowest BCUT2D eigenvalue weighted by Crippen LogP contribution is -2.46. The van der Waals surface area contributed by atoms with Crippen LogP contribution in [0, 0.1) is 5.82 Å². The van der Waals surface area contributed by atoms with Crippen LogP contribution in [0.25, 0.3) is 22.2 Å². The summed E-state index contributed by atoms with van der Waals surface area (Å²) in [6, 6.07) is 1.64.